The summed E-state index contributed by atoms with van der Waals surface area (Å²) >= 11 is 5.87. The van der Waals surface area contributed by atoms with Gasteiger partial charge in [-0.05, 0) is 23.8 Å². The molecule has 0 bridgehead atoms. The zero-order valence-corrected chi connectivity index (χ0v) is 11.4. The predicted molar refractivity (Wildman–Crippen MR) is 74.4 cm³/mol. The predicted octanol–water partition coefficient (Wildman–Crippen LogP) is 1.99. The number of benzene rings is 1. The molecule has 100 valence electrons. The third kappa shape index (κ3) is 3.23. The summed E-state index contributed by atoms with van der Waals surface area (Å²) < 4.78 is 26.6. The number of hydrogen-bond donors (Lipinski definition) is 2. The van der Waals surface area contributed by atoms with Crippen molar-refractivity contribution in [3.05, 3.63) is 53.2 Å². The maximum atomic E-state index is 12.1. The monoisotopic (exact) mass is 297 g/mol. The first kappa shape index (κ1) is 13.8. The summed E-state index contributed by atoms with van der Waals surface area (Å²) in [6.45, 7) is 0.352. The van der Waals surface area contributed by atoms with Gasteiger partial charge in [0.2, 0.25) is 0 Å². The van der Waals surface area contributed by atoms with E-state index in [2.05, 4.69) is 9.71 Å². The zero-order valence-electron chi connectivity index (χ0n) is 9.88. The molecule has 3 N–H and O–H groups in total. The average Bonchev–Trinajstić information content (AvgIpc) is 2.39. The van der Waals surface area contributed by atoms with Crippen LogP contribution in [0.25, 0.3) is 0 Å². The zero-order chi connectivity index (χ0) is 13.9. The Morgan fingerprint density at radius 3 is 2.53 bits per heavy atom. The molecule has 0 atom stereocenters. The molecule has 0 radical (unpaired) electrons. The molecule has 0 saturated carbocycles. The van der Waals surface area contributed by atoms with Crippen molar-refractivity contribution in [2.24, 2.45) is 5.73 Å². The highest BCUT2D eigenvalue weighted by molar-refractivity contribution is 7.92. The van der Waals surface area contributed by atoms with Gasteiger partial charge in [-0.25, -0.2) is 13.4 Å². The van der Waals surface area contributed by atoms with E-state index in [-0.39, 0.29) is 15.7 Å². The number of anilines is 1. The van der Waals surface area contributed by atoms with E-state index in [1.807, 2.05) is 0 Å². The van der Waals surface area contributed by atoms with Gasteiger partial charge in [0.1, 0.15) is 10.7 Å². The summed E-state index contributed by atoms with van der Waals surface area (Å²) in [6.07, 6.45) is 1.52. The fraction of sp³-hybridized carbons (Fsp3) is 0.0833. The lowest BCUT2D eigenvalue weighted by Crippen LogP contribution is -2.14. The van der Waals surface area contributed by atoms with Gasteiger partial charge in [-0.15, -0.1) is 0 Å². The van der Waals surface area contributed by atoms with Crippen molar-refractivity contribution in [1.29, 1.82) is 0 Å². The lowest BCUT2D eigenvalue weighted by atomic mass is 10.3. The molecular formula is C12H12ClN3O2S. The number of pyridine rings is 1. The molecule has 0 aliphatic carbocycles. The normalized spacial score (nSPS) is 11.3. The summed E-state index contributed by atoms with van der Waals surface area (Å²) in [5.41, 5.74) is 6.26. The Balaban J connectivity index is 2.28. The van der Waals surface area contributed by atoms with Crippen LogP contribution in [0.4, 0.5) is 5.82 Å². The van der Waals surface area contributed by atoms with Crippen molar-refractivity contribution in [1.82, 2.24) is 4.98 Å². The van der Waals surface area contributed by atoms with E-state index < -0.39 is 10.0 Å². The van der Waals surface area contributed by atoms with Crippen LogP contribution in [0.5, 0.6) is 0 Å². The minimum absolute atomic E-state index is 0.0152. The third-order valence-electron chi connectivity index (χ3n) is 2.43. The highest BCUT2D eigenvalue weighted by Gasteiger charge is 2.17. The molecule has 1 heterocycles. The fourth-order valence-corrected chi connectivity index (χ4v) is 2.99. The van der Waals surface area contributed by atoms with Crippen molar-refractivity contribution in [3.63, 3.8) is 0 Å². The molecule has 0 fully saturated rings. The lowest BCUT2D eigenvalue weighted by molar-refractivity contribution is 0.601. The maximum Gasteiger partial charge on any atom is 0.264 e. The van der Waals surface area contributed by atoms with Crippen LogP contribution < -0.4 is 10.5 Å². The fourth-order valence-electron chi connectivity index (χ4n) is 1.46. The Morgan fingerprint density at radius 2 is 1.95 bits per heavy atom. The topological polar surface area (TPSA) is 85.1 Å². The Labute approximate surface area is 116 Å². The molecule has 0 aliphatic heterocycles. The number of hydrogen-bond acceptors (Lipinski definition) is 4. The van der Waals surface area contributed by atoms with Crippen LogP contribution in [-0.4, -0.2) is 13.4 Å². The molecule has 2 rings (SSSR count). The van der Waals surface area contributed by atoms with Crippen LogP contribution in [-0.2, 0) is 16.6 Å². The van der Waals surface area contributed by atoms with Crippen molar-refractivity contribution >= 4 is 27.4 Å². The molecule has 2 aromatic rings. The van der Waals surface area contributed by atoms with E-state index in [0.29, 0.717) is 6.54 Å². The van der Waals surface area contributed by atoms with Crippen LogP contribution in [0.3, 0.4) is 0 Å². The van der Waals surface area contributed by atoms with Gasteiger partial charge in [0.25, 0.3) is 10.0 Å². The largest absolute Gasteiger partial charge is 0.326 e. The van der Waals surface area contributed by atoms with Crippen molar-refractivity contribution in [2.45, 2.75) is 11.4 Å². The van der Waals surface area contributed by atoms with Crippen LogP contribution in [0.1, 0.15) is 5.56 Å². The molecule has 0 aliphatic rings. The standard InChI is InChI=1S/C12H12ClN3O2S/c13-10-3-1-2-4-11(10)19(17,18)16-12-6-5-9(7-14)8-15-12/h1-6,8H,7,14H2,(H,15,16). The van der Waals surface area contributed by atoms with Gasteiger partial charge in [0, 0.05) is 12.7 Å². The number of sulfonamides is 1. The smallest absolute Gasteiger partial charge is 0.264 e. The van der Waals surface area contributed by atoms with E-state index in [1.165, 1.54) is 18.3 Å². The van der Waals surface area contributed by atoms with Gasteiger partial charge < -0.3 is 5.73 Å². The molecule has 1 aromatic carbocycles. The molecule has 0 amide bonds. The number of rotatable bonds is 4. The van der Waals surface area contributed by atoms with Crippen LogP contribution >= 0.6 is 11.6 Å². The minimum atomic E-state index is -3.74. The van der Waals surface area contributed by atoms with Gasteiger partial charge in [0.15, 0.2) is 0 Å². The van der Waals surface area contributed by atoms with Gasteiger partial charge in [-0.3, -0.25) is 4.72 Å². The van der Waals surface area contributed by atoms with Gasteiger partial charge in [-0.1, -0.05) is 29.8 Å². The van der Waals surface area contributed by atoms with E-state index in [4.69, 9.17) is 17.3 Å². The SMILES string of the molecule is NCc1ccc(NS(=O)(=O)c2ccccc2Cl)nc1. The Hall–Kier alpha value is -1.63. The average molecular weight is 298 g/mol. The van der Waals surface area contributed by atoms with Crippen molar-refractivity contribution in [2.75, 3.05) is 4.72 Å². The van der Waals surface area contributed by atoms with Crippen LogP contribution in [0.2, 0.25) is 5.02 Å². The number of nitrogens with zero attached hydrogens (tertiary/aromatic N) is 1. The number of halogens is 1. The van der Waals surface area contributed by atoms with E-state index in [9.17, 15) is 8.42 Å². The summed E-state index contributed by atoms with van der Waals surface area (Å²) in [4.78, 5) is 3.99. The number of nitrogens with two attached hydrogens (primary N) is 1. The number of aromatic nitrogens is 1. The van der Waals surface area contributed by atoms with E-state index >= 15 is 0 Å². The first-order chi connectivity index (χ1) is 9.03. The number of nitrogens with one attached hydrogen (secondary N) is 1. The second kappa shape index (κ2) is 5.56. The van der Waals surface area contributed by atoms with Gasteiger partial charge in [0.05, 0.1) is 5.02 Å². The summed E-state index contributed by atoms with van der Waals surface area (Å²) in [6, 6.07) is 9.47. The summed E-state index contributed by atoms with van der Waals surface area (Å²) in [5.74, 6) is 0.220. The minimum Gasteiger partial charge on any atom is -0.326 e. The second-order valence-electron chi connectivity index (χ2n) is 3.79. The highest BCUT2D eigenvalue weighted by Crippen LogP contribution is 2.22. The molecule has 1 aromatic heterocycles. The van der Waals surface area contributed by atoms with Crippen LogP contribution in [0, 0.1) is 0 Å². The van der Waals surface area contributed by atoms with Crippen molar-refractivity contribution < 1.29 is 8.42 Å². The van der Waals surface area contributed by atoms with Gasteiger partial charge >= 0.3 is 0 Å². The Morgan fingerprint density at radius 1 is 1.21 bits per heavy atom. The Bertz CT molecular complexity index is 672. The maximum absolute atomic E-state index is 12.1. The Kier molecular flexibility index (Phi) is 4.04. The molecular weight excluding hydrogens is 286 g/mol. The van der Waals surface area contributed by atoms with Crippen molar-refractivity contribution in [3.8, 4) is 0 Å². The van der Waals surface area contributed by atoms with E-state index in [0.717, 1.165) is 5.56 Å². The molecule has 0 spiro atoms. The summed E-state index contributed by atoms with van der Waals surface area (Å²) in [5, 5.41) is 0.161. The second-order valence-corrected chi connectivity index (χ2v) is 5.85. The molecule has 5 nitrogen and oxygen atoms in total. The lowest BCUT2D eigenvalue weighted by Gasteiger charge is -2.08. The highest BCUT2D eigenvalue weighted by atomic mass is 35.5. The first-order valence-corrected chi connectivity index (χ1v) is 7.31. The summed E-state index contributed by atoms with van der Waals surface area (Å²) in [7, 11) is -3.74. The molecule has 0 unspecified atom stereocenters. The van der Waals surface area contributed by atoms with Gasteiger partial charge in [-0.2, -0.15) is 0 Å². The first-order valence-electron chi connectivity index (χ1n) is 5.45. The van der Waals surface area contributed by atoms with Crippen LogP contribution in [0.15, 0.2) is 47.5 Å². The van der Waals surface area contributed by atoms with E-state index in [1.54, 1.807) is 24.3 Å². The quantitative estimate of drug-likeness (QED) is 0.904. The molecule has 7 heteroatoms. The third-order valence-corrected chi connectivity index (χ3v) is 4.28. The molecule has 19 heavy (non-hydrogen) atoms. The molecule has 0 saturated heterocycles.